The van der Waals surface area contributed by atoms with Crippen molar-refractivity contribution >= 4 is 32.8 Å². The van der Waals surface area contributed by atoms with Crippen molar-refractivity contribution in [3.05, 3.63) is 58.6 Å². The fraction of sp³-hybridized carbons (Fsp3) is 0.300. The fourth-order valence-electron chi connectivity index (χ4n) is 3.82. The van der Waals surface area contributed by atoms with Crippen molar-refractivity contribution in [3.8, 4) is 5.75 Å². The van der Waals surface area contributed by atoms with Crippen LogP contribution in [-0.4, -0.2) is 15.5 Å². The van der Waals surface area contributed by atoms with Crippen LogP contribution in [0.1, 0.15) is 36.8 Å². The quantitative estimate of drug-likeness (QED) is 0.838. The van der Waals surface area contributed by atoms with Crippen molar-refractivity contribution in [1.29, 1.82) is 0 Å². The van der Waals surface area contributed by atoms with Gasteiger partial charge in [-0.05, 0) is 77.6 Å². The number of methoxy groups -OCH3 is 1. The molecular weight excluding hydrogens is 370 g/mol. The van der Waals surface area contributed by atoms with Crippen molar-refractivity contribution < 1.29 is 13.2 Å². The average molecular weight is 390 g/mol. The van der Waals surface area contributed by atoms with Gasteiger partial charge in [0.25, 0.3) is 0 Å². The highest BCUT2D eigenvalue weighted by atomic mass is 35.5. The number of ether oxygens (including phenoxy) is 1. The lowest BCUT2D eigenvalue weighted by Crippen LogP contribution is -2.12. The van der Waals surface area contributed by atoms with Crippen LogP contribution in [0.25, 0.3) is 11.1 Å². The molecule has 6 heteroatoms. The van der Waals surface area contributed by atoms with Gasteiger partial charge in [0.05, 0.1) is 17.0 Å². The summed E-state index contributed by atoms with van der Waals surface area (Å²) in [5.41, 5.74) is 4.74. The molecule has 2 aromatic rings. The predicted molar refractivity (Wildman–Crippen MR) is 104 cm³/mol. The Kier molecular flexibility index (Phi) is 4.14. The predicted octanol–water partition coefficient (Wildman–Crippen LogP) is 4.48. The van der Waals surface area contributed by atoms with E-state index in [0.717, 1.165) is 24.0 Å². The van der Waals surface area contributed by atoms with Crippen LogP contribution in [0, 0.1) is 5.41 Å². The van der Waals surface area contributed by atoms with Crippen molar-refractivity contribution in [2.75, 3.05) is 7.11 Å². The maximum atomic E-state index is 11.7. The molecule has 0 aliphatic heterocycles. The van der Waals surface area contributed by atoms with E-state index in [1.807, 2.05) is 24.3 Å². The van der Waals surface area contributed by atoms with Gasteiger partial charge in [-0.3, -0.25) is 0 Å². The van der Waals surface area contributed by atoms with Crippen LogP contribution in [-0.2, 0) is 10.0 Å². The summed E-state index contributed by atoms with van der Waals surface area (Å²) in [6.07, 6.45) is 4.36. The molecule has 0 unspecified atom stereocenters. The Morgan fingerprint density at radius 1 is 1.04 bits per heavy atom. The molecule has 1 fully saturated rings. The van der Waals surface area contributed by atoms with Gasteiger partial charge >= 0.3 is 0 Å². The van der Waals surface area contributed by atoms with E-state index >= 15 is 0 Å². The Hall–Kier alpha value is -1.82. The zero-order valence-electron chi connectivity index (χ0n) is 14.5. The summed E-state index contributed by atoms with van der Waals surface area (Å²) in [4.78, 5) is 0.145. The van der Waals surface area contributed by atoms with E-state index in [0.29, 0.717) is 16.2 Å². The molecule has 4 rings (SSSR count). The Balaban J connectivity index is 1.83. The van der Waals surface area contributed by atoms with Crippen LogP contribution in [0.2, 0.25) is 5.02 Å². The van der Waals surface area contributed by atoms with Gasteiger partial charge in [0.1, 0.15) is 5.75 Å². The van der Waals surface area contributed by atoms with Crippen LogP contribution in [0.4, 0.5) is 0 Å². The van der Waals surface area contributed by atoms with Gasteiger partial charge in [-0.25, -0.2) is 13.6 Å². The molecule has 2 N–H and O–H groups in total. The maximum Gasteiger partial charge on any atom is 0.238 e. The Morgan fingerprint density at radius 3 is 2.23 bits per heavy atom. The molecule has 2 aliphatic carbocycles. The van der Waals surface area contributed by atoms with Crippen LogP contribution in [0.5, 0.6) is 5.75 Å². The molecule has 2 aromatic carbocycles. The van der Waals surface area contributed by atoms with Gasteiger partial charge in [-0.1, -0.05) is 29.8 Å². The van der Waals surface area contributed by atoms with Crippen molar-refractivity contribution in [1.82, 2.24) is 0 Å². The van der Waals surface area contributed by atoms with E-state index in [9.17, 15) is 8.42 Å². The summed E-state index contributed by atoms with van der Waals surface area (Å²) >= 11 is 6.33. The van der Waals surface area contributed by atoms with Crippen LogP contribution >= 0.6 is 11.6 Å². The molecule has 0 radical (unpaired) electrons. The molecule has 0 atom stereocenters. The summed E-state index contributed by atoms with van der Waals surface area (Å²) in [5, 5.41) is 5.89. The first kappa shape index (κ1) is 17.6. The molecule has 0 amide bonds. The second-order valence-electron chi connectivity index (χ2n) is 7.23. The minimum Gasteiger partial charge on any atom is -0.495 e. The van der Waals surface area contributed by atoms with Crippen LogP contribution in [0.15, 0.2) is 47.4 Å². The minimum absolute atomic E-state index is 0.145. The summed E-state index contributed by atoms with van der Waals surface area (Å²) in [6.45, 7) is 0. The van der Waals surface area contributed by atoms with Crippen molar-refractivity contribution in [3.63, 3.8) is 0 Å². The highest BCUT2D eigenvalue weighted by Gasteiger charge is 2.48. The van der Waals surface area contributed by atoms with Gasteiger partial charge in [-0.2, -0.15) is 0 Å². The van der Waals surface area contributed by atoms with E-state index in [2.05, 4.69) is 0 Å². The van der Waals surface area contributed by atoms with E-state index in [-0.39, 0.29) is 4.90 Å². The number of hydrogen-bond acceptors (Lipinski definition) is 3. The first-order valence-corrected chi connectivity index (χ1v) is 10.4. The Bertz CT molecular complexity index is 1020. The van der Waals surface area contributed by atoms with Crippen LogP contribution < -0.4 is 9.88 Å². The lowest BCUT2D eigenvalue weighted by Gasteiger charge is -2.11. The molecule has 1 saturated carbocycles. The average Bonchev–Trinajstić information content (AvgIpc) is 3.25. The summed E-state index contributed by atoms with van der Waals surface area (Å²) in [7, 11) is -2.13. The van der Waals surface area contributed by atoms with Crippen molar-refractivity contribution in [2.24, 2.45) is 10.6 Å². The topological polar surface area (TPSA) is 69.4 Å². The second-order valence-corrected chi connectivity index (χ2v) is 9.20. The first-order valence-electron chi connectivity index (χ1n) is 8.51. The van der Waals surface area contributed by atoms with Crippen molar-refractivity contribution in [2.45, 2.75) is 30.6 Å². The maximum absolute atomic E-state index is 11.7. The number of benzene rings is 2. The Labute approximate surface area is 158 Å². The number of primary sulfonamides is 1. The molecule has 4 nitrogen and oxygen atoms in total. The highest BCUT2D eigenvalue weighted by molar-refractivity contribution is 7.89. The lowest BCUT2D eigenvalue weighted by molar-refractivity contribution is 0.415. The lowest BCUT2D eigenvalue weighted by atomic mass is 9.97. The summed E-state index contributed by atoms with van der Waals surface area (Å²) in [5.74, 6) is 0.646. The van der Waals surface area contributed by atoms with E-state index in [4.69, 9.17) is 21.5 Å². The number of sulfonamides is 1. The zero-order chi connectivity index (χ0) is 18.5. The largest absolute Gasteiger partial charge is 0.495 e. The molecule has 0 bridgehead atoms. The second kappa shape index (κ2) is 6.12. The molecule has 0 saturated heterocycles. The van der Waals surface area contributed by atoms with Gasteiger partial charge in [-0.15, -0.1) is 0 Å². The minimum atomic E-state index is -3.73. The SMILES string of the molecule is COc1ccc(C2=C(c3cccc(S(N)(=O)=O)c3)CC3(CC3)C2)cc1Cl. The standard InChI is InChI=1S/C20H20ClNO3S/c1-25-19-6-5-14(10-18(19)21)17-12-20(7-8-20)11-16(17)13-3-2-4-15(9-13)26(22,23)24/h2-6,9-10H,7-8,11-12H2,1H3,(H2,22,23,24). The zero-order valence-corrected chi connectivity index (χ0v) is 16.0. The van der Waals surface area contributed by atoms with E-state index in [1.165, 1.54) is 30.1 Å². The first-order chi connectivity index (χ1) is 12.3. The van der Waals surface area contributed by atoms with Crippen LogP contribution in [0.3, 0.4) is 0 Å². The molecule has 136 valence electrons. The van der Waals surface area contributed by atoms with E-state index in [1.54, 1.807) is 19.2 Å². The molecular formula is C20H20ClNO3S. The third-order valence-corrected chi connectivity index (χ3v) is 6.64. The number of hydrogen-bond donors (Lipinski definition) is 1. The molecule has 0 aromatic heterocycles. The third kappa shape index (κ3) is 3.15. The van der Waals surface area contributed by atoms with Gasteiger partial charge in [0.2, 0.25) is 10.0 Å². The summed E-state index contributed by atoms with van der Waals surface area (Å²) < 4.78 is 28.7. The van der Waals surface area contributed by atoms with Gasteiger partial charge in [0, 0.05) is 0 Å². The highest BCUT2D eigenvalue weighted by Crippen LogP contribution is 2.63. The molecule has 2 aliphatic rings. The van der Waals surface area contributed by atoms with Gasteiger partial charge < -0.3 is 4.74 Å². The number of nitrogens with two attached hydrogens (primary N) is 1. The number of allylic oxidation sites excluding steroid dienone is 2. The fourth-order valence-corrected chi connectivity index (χ4v) is 4.64. The normalized spacial score (nSPS) is 18.4. The number of halogens is 1. The molecule has 1 spiro atoms. The molecule has 0 heterocycles. The number of rotatable bonds is 4. The third-order valence-electron chi connectivity index (χ3n) is 5.44. The molecule has 26 heavy (non-hydrogen) atoms. The summed E-state index contributed by atoms with van der Waals surface area (Å²) in [6, 6.07) is 12.7. The van der Waals surface area contributed by atoms with E-state index < -0.39 is 10.0 Å². The monoisotopic (exact) mass is 389 g/mol. The van der Waals surface area contributed by atoms with Gasteiger partial charge in [0.15, 0.2) is 0 Å². The smallest absolute Gasteiger partial charge is 0.238 e. The Morgan fingerprint density at radius 2 is 1.69 bits per heavy atom.